The Kier molecular flexibility index (Phi) is 2.68. The zero-order chi connectivity index (χ0) is 12.5. The smallest absolute Gasteiger partial charge is 0.203 e. The summed E-state index contributed by atoms with van der Waals surface area (Å²) in [5, 5.41) is 23.9. The molecule has 0 fully saturated rings. The average molecular weight is 227 g/mol. The summed E-state index contributed by atoms with van der Waals surface area (Å²) in [7, 11) is 0. The predicted octanol–water partition coefficient (Wildman–Crippen LogP) is 0.846. The van der Waals surface area contributed by atoms with Crippen LogP contribution in [0.2, 0.25) is 0 Å². The van der Waals surface area contributed by atoms with E-state index in [4.69, 9.17) is 5.26 Å². The Morgan fingerprint density at radius 1 is 1.41 bits per heavy atom. The van der Waals surface area contributed by atoms with Gasteiger partial charge in [0.05, 0.1) is 11.6 Å². The van der Waals surface area contributed by atoms with Crippen molar-refractivity contribution in [2.75, 3.05) is 0 Å². The van der Waals surface area contributed by atoms with Crippen LogP contribution in [0.15, 0.2) is 29.4 Å². The fourth-order valence-corrected chi connectivity index (χ4v) is 1.73. The molecule has 4 nitrogen and oxygen atoms in total. The molecule has 0 unspecified atom stereocenters. The minimum absolute atomic E-state index is 0.0973. The van der Waals surface area contributed by atoms with Gasteiger partial charge in [0.25, 0.3) is 0 Å². The molecule has 17 heavy (non-hydrogen) atoms. The molecule has 0 saturated carbocycles. The van der Waals surface area contributed by atoms with Crippen molar-refractivity contribution in [2.45, 2.75) is 25.8 Å². The van der Waals surface area contributed by atoms with Crippen LogP contribution in [-0.2, 0) is 0 Å². The van der Waals surface area contributed by atoms with E-state index in [1.165, 1.54) is 0 Å². The van der Waals surface area contributed by atoms with E-state index in [2.05, 4.69) is 11.2 Å². The normalized spacial score (nSPS) is 20.1. The quantitative estimate of drug-likeness (QED) is 0.667. The first-order valence-electron chi connectivity index (χ1n) is 5.40. The lowest BCUT2D eigenvalue weighted by Crippen LogP contribution is -2.31. The second-order valence-corrected chi connectivity index (χ2v) is 4.69. The zero-order valence-electron chi connectivity index (χ0n) is 9.84. The van der Waals surface area contributed by atoms with E-state index in [-0.39, 0.29) is 11.4 Å². The van der Waals surface area contributed by atoms with E-state index >= 15 is 0 Å². The SMILES string of the molecule is CC1(C)CC([O-])=N[N+]1=Cc1ccc(C#N)cc1. The van der Waals surface area contributed by atoms with Crippen LogP contribution in [0.25, 0.3) is 0 Å². The van der Waals surface area contributed by atoms with Gasteiger partial charge >= 0.3 is 0 Å². The van der Waals surface area contributed by atoms with E-state index in [0.29, 0.717) is 12.0 Å². The predicted molar refractivity (Wildman–Crippen MR) is 62.7 cm³/mol. The molecule has 1 aromatic carbocycles. The van der Waals surface area contributed by atoms with Gasteiger partial charge < -0.3 is 5.11 Å². The third kappa shape index (κ3) is 2.34. The standard InChI is InChI=1S/C13H13N3O/c1-13(2)7-12(17)15-16(13)9-11-5-3-10(8-14)4-6-11/h3-6,9H,7H2,1-2H3. The Morgan fingerprint density at radius 2 is 2.06 bits per heavy atom. The van der Waals surface area contributed by atoms with Crippen LogP contribution in [0.3, 0.4) is 0 Å². The van der Waals surface area contributed by atoms with Crippen molar-refractivity contribution in [1.82, 2.24) is 0 Å². The van der Waals surface area contributed by atoms with Crippen molar-refractivity contribution in [1.29, 1.82) is 5.26 Å². The van der Waals surface area contributed by atoms with Crippen molar-refractivity contribution in [2.24, 2.45) is 5.10 Å². The summed E-state index contributed by atoms with van der Waals surface area (Å²) in [6.07, 6.45) is 2.26. The van der Waals surface area contributed by atoms with Gasteiger partial charge in [-0.15, -0.1) is 0 Å². The Bertz CT molecular complexity index is 533. The highest BCUT2D eigenvalue weighted by molar-refractivity contribution is 5.78. The molecule has 0 atom stereocenters. The maximum Gasteiger partial charge on any atom is 0.203 e. The monoisotopic (exact) mass is 227 g/mol. The first-order chi connectivity index (χ1) is 8.01. The van der Waals surface area contributed by atoms with E-state index in [1.807, 2.05) is 32.2 Å². The lowest BCUT2D eigenvalue weighted by Gasteiger charge is -2.11. The minimum atomic E-state index is -0.273. The molecule has 0 spiro atoms. The topological polar surface area (TPSA) is 62.2 Å². The molecule has 4 heteroatoms. The van der Waals surface area contributed by atoms with Gasteiger partial charge in [-0.25, -0.2) is 0 Å². The molecular weight excluding hydrogens is 214 g/mol. The molecule has 0 bridgehead atoms. The average Bonchev–Trinajstić information content (AvgIpc) is 2.53. The van der Waals surface area contributed by atoms with Gasteiger partial charge in [-0.3, -0.25) is 0 Å². The van der Waals surface area contributed by atoms with Crippen molar-refractivity contribution >= 4 is 12.1 Å². The third-order valence-electron chi connectivity index (χ3n) is 2.73. The summed E-state index contributed by atoms with van der Waals surface area (Å²) >= 11 is 0. The second kappa shape index (κ2) is 4.02. The molecule has 0 amide bonds. The number of benzene rings is 1. The molecular formula is C13H13N3O. The van der Waals surface area contributed by atoms with Gasteiger partial charge in [0.15, 0.2) is 5.54 Å². The van der Waals surface area contributed by atoms with E-state index in [1.54, 1.807) is 16.8 Å². The molecule has 86 valence electrons. The summed E-state index contributed by atoms with van der Waals surface area (Å²) in [5.74, 6) is -0.0973. The minimum Gasteiger partial charge on any atom is -0.857 e. The van der Waals surface area contributed by atoms with Crippen molar-refractivity contribution in [3.63, 3.8) is 0 Å². The Hall–Kier alpha value is -2.15. The summed E-state index contributed by atoms with van der Waals surface area (Å²) in [5.41, 5.74) is 1.27. The van der Waals surface area contributed by atoms with Gasteiger partial charge in [-0.1, -0.05) is 4.68 Å². The van der Waals surface area contributed by atoms with Crippen LogP contribution >= 0.6 is 0 Å². The number of nitrogens with zero attached hydrogens (tertiary/aromatic N) is 3. The number of hydrazone groups is 1. The molecule has 1 aliphatic rings. The molecule has 1 aromatic rings. The van der Waals surface area contributed by atoms with Gasteiger partial charge in [0.1, 0.15) is 0 Å². The second-order valence-electron chi connectivity index (χ2n) is 4.69. The van der Waals surface area contributed by atoms with Crippen molar-refractivity contribution in [3.8, 4) is 6.07 Å². The van der Waals surface area contributed by atoms with Crippen LogP contribution < -0.4 is 5.11 Å². The van der Waals surface area contributed by atoms with Gasteiger partial charge in [-0.05, 0) is 29.4 Å². The Labute approximate surface area is 100 Å². The van der Waals surface area contributed by atoms with E-state index < -0.39 is 0 Å². The highest BCUT2D eigenvalue weighted by atomic mass is 16.3. The van der Waals surface area contributed by atoms with Gasteiger partial charge in [0, 0.05) is 31.7 Å². The maximum absolute atomic E-state index is 11.3. The number of hydrogen-bond donors (Lipinski definition) is 0. The zero-order valence-corrected chi connectivity index (χ0v) is 9.84. The summed E-state index contributed by atoms with van der Waals surface area (Å²) in [4.78, 5) is 0. The summed E-state index contributed by atoms with van der Waals surface area (Å²) in [6, 6.07) is 9.24. The fourth-order valence-electron chi connectivity index (χ4n) is 1.73. The molecule has 1 heterocycles. The molecule has 1 aliphatic heterocycles. The molecule has 0 radical (unpaired) electrons. The summed E-state index contributed by atoms with van der Waals surface area (Å²) < 4.78 is 1.69. The molecule has 0 aliphatic carbocycles. The molecule has 0 saturated heterocycles. The Balaban J connectivity index is 2.33. The fraction of sp³-hybridized carbons (Fsp3) is 0.308. The summed E-state index contributed by atoms with van der Waals surface area (Å²) in [6.45, 7) is 3.95. The van der Waals surface area contributed by atoms with Crippen LogP contribution in [0.4, 0.5) is 0 Å². The molecule has 0 aromatic heterocycles. The lowest BCUT2D eigenvalue weighted by molar-refractivity contribution is -0.591. The largest absolute Gasteiger partial charge is 0.857 e. The first-order valence-corrected chi connectivity index (χ1v) is 5.40. The Morgan fingerprint density at radius 3 is 2.53 bits per heavy atom. The van der Waals surface area contributed by atoms with Crippen LogP contribution in [0, 0.1) is 11.3 Å². The number of nitriles is 1. The first kappa shape index (κ1) is 11.3. The number of hydrogen-bond acceptors (Lipinski definition) is 3. The molecule has 0 N–H and O–H groups in total. The van der Waals surface area contributed by atoms with Crippen LogP contribution in [-0.4, -0.2) is 22.3 Å². The number of rotatable bonds is 1. The van der Waals surface area contributed by atoms with Crippen LogP contribution in [0.1, 0.15) is 31.4 Å². The highest BCUT2D eigenvalue weighted by Crippen LogP contribution is 2.20. The third-order valence-corrected chi connectivity index (χ3v) is 2.73. The lowest BCUT2D eigenvalue weighted by atomic mass is 10.0. The van der Waals surface area contributed by atoms with Gasteiger partial charge in [0.2, 0.25) is 6.21 Å². The molecule has 2 rings (SSSR count). The van der Waals surface area contributed by atoms with Crippen molar-refractivity contribution in [3.05, 3.63) is 35.4 Å². The maximum atomic E-state index is 11.3. The van der Waals surface area contributed by atoms with Crippen LogP contribution in [0.5, 0.6) is 0 Å². The van der Waals surface area contributed by atoms with Gasteiger partial charge in [-0.2, -0.15) is 5.26 Å². The highest BCUT2D eigenvalue weighted by Gasteiger charge is 2.36. The van der Waals surface area contributed by atoms with E-state index in [0.717, 1.165) is 5.56 Å². The van der Waals surface area contributed by atoms with E-state index in [9.17, 15) is 5.11 Å². The van der Waals surface area contributed by atoms with Crippen molar-refractivity contribution < 1.29 is 9.79 Å².